The molecule has 5 fully saturated rings. The average Bonchev–Trinajstić information content (AvgIpc) is 2.99. The molecule has 0 radical (unpaired) electrons. The zero-order chi connectivity index (χ0) is 21.4. The lowest BCUT2D eigenvalue weighted by Gasteiger charge is -2.55. The van der Waals surface area contributed by atoms with Crippen molar-refractivity contribution in [3.63, 3.8) is 0 Å². The van der Waals surface area contributed by atoms with Gasteiger partial charge in [0.25, 0.3) is 0 Å². The molecule has 6 nitrogen and oxygen atoms in total. The third kappa shape index (κ3) is 4.68. The molecule has 1 aromatic heterocycles. The third-order valence-electron chi connectivity index (χ3n) is 8.13. The Morgan fingerprint density at radius 2 is 1.71 bits per heavy atom. The Morgan fingerprint density at radius 3 is 2.32 bits per heavy atom. The number of hydrogen-bond acceptors (Lipinski definition) is 5. The van der Waals surface area contributed by atoms with Gasteiger partial charge in [-0.1, -0.05) is 12.8 Å². The maximum absolute atomic E-state index is 13.2. The second kappa shape index (κ2) is 8.81. The fraction of sp³-hybridized carbons (Fsp3) is 0.792. The Kier molecular flexibility index (Phi) is 6.08. The number of rotatable bonds is 6. The molecule has 4 aliphatic carbocycles. The summed E-state index contributed by atoms with van der Waals surface area (Å²) in [6.45, 7) is 4.91. The molecule has 31 heavy (non-hydrogen) atoms. The van der Waals surface area contributed by atoms with Gasteiger partial charge in [-0.05, 0) is 89.1 Å². The molecule has 1 aromatic rings. The summed E-state index contributed by atoms with van der Waals surface area (Å²) in [5.74, 6) is 2.10. The quantitative estimate of drug-likeness (QED) is 0.690. The first-order chi connectivity index (χ1) is 15.0. The first kappa shape index (κ1) is 21.4. The number of amides is 2. The first-order valence-electron chi connectivity index (χ1n) is 12.3. The molecule has 2 amide bonds. The monoisotopic (exact) mass is 444 g/mol. The maximum Gasteiger partial charge on any atom is 0.248 e. The van der Waals surface area contributed by atoms with Crippen molar-refractivity contribution in [2.45, 2.75) is 83.7 Å². The predicted molar refractivity (Wildman–Crippen MR) is 123 cm³/mol. The SMILES string of the molecule is CC(NC(=O)C12CC3CC(CC(C3)C1)C2)C(=O)Nc1nc(CN2CCCCCC2)cs1. The highest BCUT2D eigenvalue weighted by Gasteiger charge is 2.54. The minimum Gasteiger partial charge on any atom is -0.344 e. The van der Waals surface area contributed by atoms with Gasteiger partial charge in [-0.3, -0.25) is 14.5 Å². The van der Waals surface area contributed by atoms with E-state index in [4.69, 9.17) is 0 Å². The van der Waals surface area contributed by atoms with Crippen LogP contribution in [0.3, 0.4) is 0 Å². The van der Waals surface area contributed by atoms with Crippen molar-refractivity contribution < 1.29 is 9.59 Å². The third-order valence-corrected chi connectivity index (χ3v) is 8.93. The molecule has 5 aliphatic rings. The zero-order valence-electron chi connectivity index (χ0n) is 18.7. The summed E-state index contributed by atoms with van der Waals surface area (Å²) in [6.07, 6.45) is 12.2. The van der Waals surface area contributed by atoms with Crippen molar-refractivity contribution >= 4 is 28.3 Å². The molecular weight excluding hydrogens is 408 g/mol. The van der Waals surface area contributed by atoms with Crippen molar-refractivity contribution in [1.82, 2.24) is 15.2 Å². The van der Waals surface area contributed by atoms with Gasteiger partial charge < -0.3 is 10.6 Å². The Labute approximate surface area is 189 Å². The molecule has 1 saturated heterocycles. The molecule has 1 atom stereocenters. The molecule has 2 N–H and O–H groups in total. The Hall–Kier alpha value is -1.47. The zero-order valence-corrected chi connectivity index (χ0v) is 19.5. The second-order valence-corrected chi connectivity index (χ2v) is 11.6. The molecule has 4 saturated carbocycles. The minimum absolute atomic E-state index is 0.107. The van der Waals surface area contributed by atoms with Gasteiger partial charge in [0.2, 0.25) is 11.8 Å². The molecule has 6 rings (SSSR count). The van der Waals surface area contributed by atoms with Crippen molar-refractivity contribution in [2.75, 3.05) is 18.4 Å². The first-order valence-corrected chi connectivity index (χ1v) is 13.2. The Bertz CT molecular complexity index is 779. The number of carbonyl (C=O) groups excluding carboxylic acids is 2. The molecular formula is C24H36N4O2S. The van der Waals surface area contributed by atoms with Crippen molar-refractivity contribution in [1.29, 1.82) is 0 Å². The van der Waals surface area contributed by atoms with Crippen LogP contribution in [0.5, 0.6) is 0 Å². The van der Waals surface area contributed by atoms with Crippen LogP contribution in [0.4, 0.5) is 5.13 Å². The lowest BCUT2D eigenvalue weighted by molar-refractivity contribution is -0.147. The standard InChI is InChI=1S/C24H36N4O2S/c1-16(25-22(30)24-11-17-8-18(12-24)10-19(9-17)13-24)21(29)27-23-26-20(15-31-23)14-28-6-4-2-3-5-7-28/h15-19H,2-14H2,1H3,(H,25,30)(H,26,27,29). The topological polar surface area (TPSA) is 74.3 Å². The predicted octanol–water partition coefficient (Wildman–Crippen LogP) is 4.18. The fourth-order valence-electron chi connectivity index (χ4n) is 6.98. The Balaban J connectivity index is 1.14. The van der Waals surface area contributed by atoms with Gasteiger partial charge in [0.05, 0.1) is 5.69 Å². The maximum atomic E-state index is 13.2. The lowest BCUT2D eigenvalue weighted by Crippen LogP contribution is -2.56. The molecule has 2 heterocycles. The minimum atomic E-state index is -0.543. The van der Waals surface area contributed by atoms with Gasteiger partial charge >= 0.3 is 0 Å². The van der Waals surface area contributed by atoms with E-state index in [0.29, 0.717) is 5.13 Å². The number of thiazole rings is 1. The van der Waals surface area contributed by atoms with Crippen LogP contribution in [-0.2, 0) is 16.1 Å². The van der Waals surface area contributed by atoms with Crippen LogP contribution < -0.4 is 10.6 Å². The summed E-state index contributed by atoms with van der Waals surface area (Å²) in [4.78, 5) is 33.0. The molecule has 170 valence electrons. The summed E-state index contributed by atoms with van der Waals surface area (Å²) >= 11 is 1.47. The molecule has 1 unspecified atom stereocenters. The smallest absolute Gasteiger partial charge is 0.248 e. The van der Waals surface area contributed by atoms with Gasteiger partial charge in [0, 0.05) is 17.3 Å². The van der Waals surface area contributed by atoms with E-state index in [-0.39, 0.29) is 17.2 Å². The molecule has 7 heteroatoms. The number of aromatic nitrogens is 1. The number of nitrogens with zero attached hydrogens (tertiary/aromatic N) is 2. The summed E-state index contributed by atoms with van der Waals surface area (Å²) in [5, 5.41) is 8.65. The number of likely N-dealkylation sites (tertiary alicyclic amines) is 1. The van der Waals surface area contributed by atoms with E-state index < -0.39 is 6.04 Å². The Morgan fingerprint density at radius 1 is 1.10 bits per heavy atom. The van der Waals surface area contributed by atoms with E-state index in [0.717, 1.165) is 62.3 Å². The van der Waals surface area contributed by atoms with Crippen LogP contribution in [0.25, 0.3) is 0 Å². The van der Waals surface area contributed by atoms with Gasteiger partial charge in [-0.25, -0.2) is 4.98 Å². The van der Waals surface area contributed by atoms with Crippen LogP contribution >= 0.6 is 11.3 Å². The van der Waals surface area contributed by atoms with Gasteiger partial charge in [-0.15, -0.1) is 11.3 Å². The van der Waals surface area contributed by atoms with E-state index >= 15 is 0 Å². The highest BCUT2D eigenvalue weighted by atomic mass is 32.1. The van der Waals surface area contributed by atoms with E-state index in [9.17, 15) is 9.59 Å². The number of nitrogens with one attached hydrogen (secondary N) is 2. The average molecular weight is 445 g/mol. The van der Waals surface area contributed by atoms with Crippen molar-refractivity contribution in [2.24, 2.45) is 23.2 Å². The molecule has 0 aromatic carbocycles. The second-order valence-electron chi connectivity index (χ2n) is 10.7. The van der Waals surface area contributed by atoms with Crippen molar-refractivity contribution in [3.8, 4) is 0 Å². The fourth-order valence-corrected chi connectivity index (χ4v) is 7.68. The molecule has 1 aliphatic heterocycles. The van der Waals surface area contributed by atoms with Crippen LogP contribution in [-0.4, -0.2) is 40.8 Å². The van der Waals surface area contributed by atoms with Crippen LogP contribution in [0.15, 0.2) is 5.38 Å². The number of carbonyl (C=O) groups is 2. The van der Waals surface area contributed by atoms with Gasteiger partial charge in [-0.2, -0.15) is 0 Å². The van der Waals surface area contributed by atoms with Crippen LogP contribution in [0.2, 0.25) is 0 Å². The van der Waals surface area contributed by atoms with E-state index in [1.54, 1.807) is 6.92 Å². The number of hydrogen-bond donors (Lipinski definition) is 2. The molecule has 0 spiro atoms. The summed E-state index contributed by atoms with van der Waals surface area (Å²) in [7, 11) is 0. The normalized spacial score (nSPS) is 33.6. The highest BCUT2D eigenvalue weighted by Crippen LogP contribution is 2.60. The van der Waals surface area contributed by atoms with Crippen LogP contribution in [0, 0.1) is 23.2 Å². The van der Waals surface area contributed by atoms with Gasteiger partial charge in [0.1, 0.15) is 6.04 Å². The van der Waals surface area contributed by atoms with Crippen LogP contribution in [0.1, 0.15) is 76.8 Å². The lowest BCUT2D eigenvalue weighted by atomic mass is 9.49. The highest BCUT2D eigenvalue weighted by molar-refractivity contribution is 7.13. The van der Waals surface area contributed by atoms with E-state index in [2.05, 4.69) is 20.5 Å². The summed E-state index contributed by atoms with van der Waals surface area (Å²) < 4.78 is 0. The summed E-state index contributed by atoms with van der Waals surface area (Å²) in [6, 6.07) is -0.543. The van der Waals surface area contributed by atoms with Crippen molar-refractivity contribution in [3.05, 3.63) is 11.1 Å². The van der Waals surface area contributed by atoms with E-state index in [1.807, 2.05) is 5.38 Å². The van der Waals surface area contributed by atoms with E-state index in [1.165, 1.54) is 56.3 Å². The van der Waals surface area contributed by atoms with Gasteiger partial charge in [0.15, 0.2) is 5.13 Å². The number of anilines is 1. The largest absolute Gasteiger partial charge is 0.344 e. The molecule has 4 bridgehead atoms. The summed E-state index contributed by atoms with van der Waals surface area (Å²) in [5.41, 5.74) is 0.803.